The molecule has 0 aliphatic heterocycles. The fourth-order valence-corrected chi connectivity index (χ4v) is 1.76. The van der Waals surface area contributed by atoms with Crippen LogP contribution in [0.5, 0.6) is 0 Å². The van der Waals surface area contributed by atoms with Crippen molar-refractivity contribution in [1.29, 1.82) is 0 Å². The molecule has 6 nitrogen and oxygen atoms in total. The molecule has 0 spiro atoms. The van der Waals surface area contributed by atoms with Crippen LogP contribution in [0.15, 0.2) is 18.2 Å². The third kappa shape index (κ3) is 2.90. The van der Waals surface area contributed by atoms with E-state index in [0.717, 1.165) is 16.5 Å². The summed E-state index contributed by atoms with van der Waals surface area (Å²) in [4.78, 5) is 22.9. The highest BCUT2D eigenvalue weighted by Crippen LogP contribution is 2.17. The molecule has 1 heterocycles. The van der Waals surface area contributed by atoms with Crippen LogP contribution in [0.25, 0.3) is 10.9 Å². The molecule has 0 unspecified atom stereocenters. The molecule has 2 N–H and O–H groups in total. The molecular weight excluding hydrogens is 246 g/mol. The van der Waals surface area contributed by atoms with Crippen LogP contribution in [0.4, 0.5) is 0 Å². The van der Waals surface area contributed by atoms with Crippen LogP contribution in [0.2, 0.25) is 0 Å². The monoisotopic (exact) mass is 261 g/mol. The van der Waals surface area contributed by atoms with Crippen molar-refractivity contribution >= 4 is 22.8 Å². The highest BCUT2D eigenvalue weighted by molar-refractivity contribution is 6.04. The van der Waals surface area contributed by atoms with Gasteiger partial charge >= 0.3 is 5.97 Å². The second kappa shape index (κ2) is 5.51. The second-order valence-corrected chi connectivity index (χ2v) is 4.20. The molecule has 0 fully saturated rings. The fraction of sp³-hybridized carbons (Fsp3) is 0.308. The number of hydrogen-bond acceptors (Lipinski definition) is 4. The van der Waals surface area contributed by atoms with Crippen LogP contribution >= 0.6 is 0 Å². The molecule has 2 aromatic rings. The van der Waals surface area contributed by atoms with Gasteiger partial charge < -0.3 is 10.1 Å². The first-order valence-electron chi connectivity index (χ1n) is 5.91. The van der Waals surface area contributed by atoms with Crippen LogP contribution in [0.3, 0.4) is 0 Å². The molecule has 100 valence electrons. The first-order chi connectivity index (χ1) is 9.11. The van der Waals surface area contributed by atoms with Gasteiger partial charge in [-0.25, -0.2) is 0 Å². The van der Waals surface area contributed by atoms with Crippen LogP contribution in [-0.4, -0.2) is 35.7 Å². The number of aromatic nitrogens is 2. The number of nitrogens with one attached hydrogen (secondary N) is 2. The van der Waals surface area contributed by atoms with Gasteiger partial charge in [0, 0.05) is 11.9 Å². The van der Waals surface area contributed by atoms with Gasteiger partial charge in [-0.05, 0) is 19.1 Å². The average Bonchev–Trinajstić information content (AvgIpc) is 2.81. The maximum Gasteiger partial charge on any atom is 0.307 e. The molecule has 1 aromatic carbocycles. The summed E-state index contributed by atoms with van der Waals surface area (Å²) < 4.78 is 4.50. The number of aromatic amines is 1. The van der Waals surface area contributed by atoms with Crippen molar-refractivity contribution in [3.8, 4) is 0 Å². The Balaban J connectivity index is 2.09. The van der Waals surface area contributed by atoms with Crippen molar-refractivity contribution in [2.24, 2.45) is 0 Å². The summed E-state index contributed by atoms with van der Waals surface area (Å²) in [6.07, 6.45) is 0.142. The normalized spacial score (nSPS) is 10.4. The number of benzene rings is 1. The molecule has 2 rings (SSSR count). The standard InChI is InChI=1S/C13H15N3O3/c1-8-3-4-10-9(7-8)12(16-15-10)13(18)14-6-5-11(17)19-2/h3-4,7H,5-6H2,1-2H3,(H,14,18)(H,15,16). The van der Waals surface area contributed by atoms with Gasteiger partial charge in [-0.15, -0.1) is 0 Å². The van der Waals surface area contributed by atoms with E-state index in [0.29, 0.717) is 5.69 Å². The van der Waals surface area contributed by atoms with E-state index in [2.05, 4.69) is 20.3 Å². The minimum absolute atomic E-state index is 0.142. The van der Waals surface area contributed by atoms with E-state index in [1.165, 1.54) is 7.11 Å². The second-order valence-electron chi connectivity index (χ2n) is 4.20. The number of rotatable bonds is 4. The van der Waals surface area contributed by atoms with Gasteiger partial charge in [0.15, 0.2) is 5.69 Å². The zero-order valence-electron chi connectivity index (χ0n) is 10.8. The Bertz CT molecular complexity index is 619. The van der Waals surface area contributed by atoms with Gasteiger partial charge in [0.2, 0.25) is 0 Å². The van der Waals surface area contributed by atoms with Crippen molar-refractivity contribution < 1.29 is 14.3 Å². The highest BCUT2D eigenvalue weighted by atomic mass is 16.5. The Morgan fingerprint density at radius 1 is 1.42 bits per heavy atom. The zero-order valence-corrected chi connectivity index (χ0v) is 10.8. The van der Waals surface area contributed by atoms with Gasteiger partial charge in [-0.1, -0.05) is 11.6 Å². The third-order valence-electron chi connectivity index (χ3n) is 2.78. The molecule has 19 heavy (non-hydrogen) atoms. The lowest BCUT2D eigenvalue weighted by molar-refractivity contribution is -0.140. The molecule has 0 saturated heterocycles. The number of carbonyl (C=O) groups excluding carboxylic acids is 2. The molecule has 6 heteroatoms. The highest BCUT2D eigenvalue weighted by Gasteiger charge is 2.14. The van der Waals surface area contributed by atoms with Gasteiger partial charge in [0.1, 0.15) is 0 Å². The molecule has 0 saturated carbocycles. The zero-order chi connectivity index (χ0) is 13.8. The molecule has 0 radical (unpaired) electrons. The number of amides is 1. The summed E-state index contributed by atoms with van der Waals surface area (Å²) in [6, 6.07) is 5.72. The Morgan fingerprint density at radius 3 is 2.95 bits per heavy atom. The van der Waals surface area contributed by atoms with Gasteiger partial charge in [0.05, 0.1) is 19.0 Å². The van der Waals surface area contributed by atoms with Crippen molar-refractivity contribution in [2.45, 2.75) is 13.3 Å². The van der Waals surface area contributed by atoms with E-state index in [1.54, 1.807) is 0 Å². The third-order valence-corrected chi connectivity index (χ3v) is 2.78. The van der Waals surface area contributed by atoms with Crippen molar-refractivity contribution in [1.82, 2.24) is 15.5 Å². The summed E-state index contributed by atoms with van der Waals surface area (Å²) in [5.74, 6) is -0.663. The Kier molecular flexibility index (Phi) is 3.79. The maximum atomic E-state index is 12.0. The first kappa shape index (κ1) is 13.1. The quantitative estimate of drug-likeness (QED) is 0.809. The van der Waals surface area contributed by atoms with Crippen LogP contribution in [-0.2, 0) is 9.53 Å². The Morgan fingerprint density at radius 2 is 2.21 bits per heavy atom. The summed E-state index contributed by atoms with van der Waals surface area (Å²) in [6.45, 7) is 2.18. The van der Waals surface area contributed by atoms with Crippen molar-refractivity contribution in [3.05, 3.63) is 29.5 Å². The molecule has 0 aliphatic carbocycles. The summed E-state index contributed by atoms with van der Waals surface area (Å²) in [5, 5.41) is 10.2. The topological polar surface area (TPSA) is 84.1 Å². The largest absolute Gasteiger partial charge is 0.469 e. The fourth-order valence-electron chi connectivity index (χ4n) is 1.76. The summed E-state index contributed by atoms with van der Waals surface area (Å²) >= 11 is 0. The van der Waals surface area contributed by atoms with Gasteiger partial charge in [-0.3, -0.25) is 14.7 Å². The van der Waals surface area contributed by atoms with Gasteiger partial charge in [-0.2, -0.15) is 5.10 Å². The van der Waals surface area contributed by atoms with E-state index in [1.807, 2.05) is 25.1 Å². The van der Waals surface area contributed by atoms with E-state index < -0.39 is 0 Å². The lowest BCUT2D eigenvalue weighted by Crippen LogP contribution is -2.26. The van der Waals surface area contributed by atoms with E-state index >= 15 is 0 Å². The van der Waals surface area contributed by atoms with E-state index in [-0.39, 0.29) is 24.8 Å². The molecule has 0 atom stereocenters. The SMILES string of the molecule is COC(=O)CCNC(=O)c1n[nH]c2ccc(C)cc12. The lowest BCUT2D eigenvalue weighted by Gasteiger charge is -2.02. The smallest absolute Gasteiger partial charge is 0.307 e. The number of hydrogen-bond donors (Lipinski definition) is 2. The number of nitrogens with zero attached hydrogens (tertiary/aromatic N) is 1. The number of fused-ring (bicyclic) bond motifs is 1. The van der Waals surface area contributed by atoms with E-state index in [4.69, 9.17) is 0 Å². The van der Waals surface area contributed by atoms with Gasteiger partial charge in [0.25, 0.3) is 5.91 Å². The van der Waals surface area contributed by atoms with Crippen molar-refractivity contribution in [3.63, 3.8) is 0 Å². The molecule has 0 aliphatic rings. The predicted octanol–water partition coefficient (Wildman–Crippen LogP) is 1.16. The molecule has 0 bridgehead atoms. The molecular formula is C13H15N3O3. The van der Waals surface area contributed by atoms with Crippen molar-refractivity contribution in [2.75, 3.05) is 13.7 Å². The van der Waals surface area contributed by atoms with E-state index in [9.17, 15) is 9.59 Å². The minimum atomic E-state index is -0.358. The van der Waals surface area contributed by atoms with Crippen LogP contribution < -0.4 is 5.32 Å². The number of carbonyl (C=O) groups is 2. The Labute approximate surface area is 110 Å². The number of ether oxygens (including phenoxy) is 1. The Hall–Kier alpha value is -2.37. The molecule has 1 aromatic heterocycles. The lowest BCUT2D eigenvalue weighted by atomic mass is 10.1. The molecule has 1 amide bonds. The first-order valence-corrected chi connectivity index (χ1v) is 5.91. The minimum Gasteiger partial charge on any atom is -0.469 e. The number of esters is 1. The number of H-pyrrole nitrogens is 1. The van der Waals surface area contributed by atoms with Crippen LogP contribution in [0, 0.1) is 6.92 Å². The number of methoxy groups -OCH3 is 1. The summed E-state index contributed by atoms with van der Waals surface area (Å²) in [7, 11) is 1.31. The number of aryl methyl sites for hydroxylation is 1. The summed E-state index contributed by atoms with van der Waals surface area (Å²) in [5.41, 5.74) is 2.20. The predicted molar refractivity (Wildman–Crippen MR) is 69.8 cm³/mol. The maximum absolute atomic E-state index is 12.0. The van der Waals surface area contributed by atoms with Crippen LogP contribution in [0.1, 0.15) is 22.5 Å². The average molecular weight is 261 g/mol.